The van der Waals surface area contributed by atoms with Crippen LogP contribution in [0, 0.1) is 11.8 Å². The molecule has 6 aromatic carbocycles. The van der Waals surface area contributed by atoms with Crippen molar-refractivity contribution in [2.24, 2.45) is 11.8 Å². The Balaban J connectivity index is 1.13. The third-order valence-corrected chi connectivity index (χ3v) is 12.6. The van der Waals surface area contributed by atoms with Gasteiger partial charge in [-0.2, -0.15) is 0 Å². The first-order valence-electron chi connectivity index (χ1n) is 19.5. The van der Waals surface area contributed by atoms with Crippen molar-refractivity contribution in [1.82, 2.24) is 4.57 Å². The van der Waals surface area contributed by atoms with Gasteiger partial charge in [0.05, 0.1) is 5.52 Å². The summed E-state index contributed by atoms with van der Waals surface area (Å²) >= 11 is 0. The van der Waals surface area contributed by atoms with E-state index in [1.54, 1.807) is 0 Å². The Hall–Kier alpha value is -6.38. The first-order valence-corrected chi connectivity index (χ1v) is 19.5. The molecule has 2 unspecified atom stereocenters. The minimum atomic E-state index is 0.356. The number of hydrogen-bond acceptors (Lipinski definition) is 1. The van der Waals surface area contributed by atoms with Gasteiger partial charge in [-0.25, -0.2) is 0 Å². The van der Waals surface area contributed by atoms with Crippen LogP contribution in [0.2, 0.25) is 0 Å². The van der Waals surface area contributed by atoms with Crippen LogP contribution in [0.25, 0.3) is 55.9 Å². The molecule has 0 bridgehead atoms. The first-order chi connectivity index (χ1) is 26.8. The van der Waals surface area contributed by atoms with Gasteiger partial charge in [-0.1, -0.05) is 121 Å². The molecule has 54 heavy (non-hydrogen) atoms. The molecule has 2 heteroatoms. The second kappa shape index (κ2) is 11.6. The zero-order valence-corrected chi connectivity index (χ0v) is 30.0. The summed E-state index contributed by atoms with van der Waals surface area (Å²) in [7, 11) is 0. The fourth-order valence-electron chi connectivity index (χ4n) is 10.3. The fourth-order valence-corrected chi connectivity index (χ4v) is 10.3. The van der Waals surface area contributed by atoms with Crippen molar-refractivity contribution in [3.05, 3.63) is 202 Å². The molecule has 0 amide bonds. The van der Waals surface area contributed by atoms with Crippen LogP contribution in [0.15, 0.2) is 180 Å². The second-order valence-corrected chi connectivity index (χ2v) is 15.5. The zero-order chi connectivity index (χ0) is 35.3. The van der Waals surface area contributed by atoms with E-state index in [0.717, 1.165) is 25.7 Å². The van der Waals surface area contributed by atoms with Crippen molar-refractivity contribution < 1.29 is 0 Å². The van der Waals surface area contributed by atoms with Gasteiger partial charge in [0.25, 0.3) is 0 Å². The minimum Gasteiger partial charge on any atom is -0.314 e. The highest BCUT2D eigenvalue weighted by molar-refractivity contribution is 5.97. The summed E-state index contributed by atoms with van der Waals surface area (Å²) in [5.74, 6) is 0.723. The van der Waals surface area contributed by atoms with Gasteiger partial charge < -0.3 is 9.47 Å². The molecular weight excluding hydrogens is 653 g/mol. The summed E-state index contributed by atoms with van der Waals surface area (Å²) in [5, 5.41) is 9.14. The lowest BCUT2D eigenvalue weighted by molar-refractivity contribution is 0.670. The van der Waals surface area contributed by atoms with Gasteiger partial charge in [-0.3, -0.25) is 0 Å². The van der Waals surface area contributed by atoms with E-state index < -0.39 is 0 Å². The highest BCUT2D eigenvalue weighted by Crippen LogP contribution is 2.56. The summed E-state index contributed by atoms with van der Waals surface area (Å²) in [5.41, 5.74) is 15.0. The Morgan fingerprint density at radius 1 is 0.667 bits per heavy atom. The standard InChI is InChI=1S/C52H38N2/c1-3-13-35-30-39(25-23-33(35)11-1)53(49-22-10-20-45-44-19-9-16-38-29-37-15-5-6-17-42(37)52(50(38)44)51(45)49)41-27-28-48-46(32-41)43-18-7-8-21-47(43)54(48)40-26-24-34-12-2-4-14-36(34)31-40/h1-6,8-9,11-17,19-21,23-32,44,50H,7,10,18,22H2. The van der Waals surface area contributed by atoms with Crippen LogP contribution in [0.4, 0.5) is 11.4 Å². The highest BCUT2D eigenvalue weighted by atomic mass is 15.2. The van der Waals surface area contributed by atoms with Crippen molar-refractivity contribution in [3.63, 3.8) is 0 Å². The fraction of sp³-hybridized carbons (Fsp3) is 0.115. The van der Waals surface area contributed by atoms with Gasteiger partial charge in [0.2, 0.25) is 0 Å². The largest absolute Gasteiger partial charge is 0.314 e. The van der Waals surface area contributed by atoms with E-state index in [4.69, 9.17) is 0 Å². The van der Waals surface area contributed by atoms with E-state index in [-0.39, 0.29) is 0 Å². The van der Waals surface area contributed by atoms with Gasteiger partial charge in [0, 0.05) is 51.2 Å². The van der Waals surface area contributed by atoms with E-state index in [0.29, 0.717) is 11.8 Å². The molecule has 1 aromatic heterocycles. The van der Waals surface area contributed by atoms with E-state index in [1.807, 2.05) is 0 Å². The molecule has 2 atom stereocenters. The highest BCUT2D eigenvalue weighted by Gasteiger charge is 2.45. The predicted octanol–water partition coefficient (Wildman–Crippen LogP) is 11.4. The van der Waals surface area contributed by atoms with E-state index >= 15 is 0 Å². The zero-order valence-electron chi connectivity index (χ0n) is 30.0. The lowest BCUT2D eigenvalue weighted by Gasteiger charge is -2.33. The molecule has 2 nitrogen and oxygen atoms in total. The summed E-state index contributed by atoms with van der Waals surface area (Å²) < 4.78 is 2.49. The Kier molecular flexibility index (Phi) is 6.45. The molecule has 5 aliphatic rings. The number of benzene rings is 6. The molecule has 0 N–H and O–H groups in total. The maximum Gasteiger partial charge on any atom is 0.0539 e. The van der Waals surface area contributed by atoms with Crippen molar-refractivity contribution in [1.29, 1.82) is 0 Å². The third-order valence-electron chi connectivity index (χ3n) is 12.6. The van der Waals surface area contributed by atoms with E-state index in [2.05, 4.69) is 179 Å². The number of nitrogens with zero attached hydrogens (tertiary/aromatic N) is 2. The van der Waals surface area contributed by atoms with Crippen molar-refractivity contribution in [2.45, 2.75) is 25.7 Å². The Labute approximate surface area is 315 Å². The van der Waals surface area contributed by atoms with Gasteiger partial charge >= 0.3 is 0 Å². The third kappa shape index (κ3) is 4.34. The van der Waals surface area contributed by atoms with Crippen LogP contribution < -0.4 is 15.3 Å². The van der Waals surface area contributed by atoms with Crippen molar-refractivity contribution >= 4 is 61.5 Å². The molecule has 12 rings (SSSR count). The lowest BCUT2D eigenvalue weighted by atomic mass is 9.78. The molecular formula is C52H38N2. The van der Waals surface area contributed by atoms with E-state index in [9.17, 15) is 0 Å². The average Bonchev–Trinajstić information content (AvgIpc) is 3.75. The van der Waals surface area contributed by atoms with Crippen LogP contribution in [-0.2, 0) is 6.42 Å². The Morgan fingerprint density at radius 3 is 2.31 bits per heavy atom. The monoisotopic (exact) mass is 690 g/mol. The first kappa shape index (κ1) is 30.1. The quantitative estimate of drug-likeness (QED) is 0.178. The average molecular weight is 691 g/mol. The van der Waals surface area contributed by atoms with Crippen LogP contribution >= 0.6 is 0 Å². The molecule has 0 radical (unpaired) electrons. The summed E-state index contributed by atoms with van der Waals surface area (Å²) in [6.45, 7) is 0. The summed E-state index contributed by atoms with van der Waals surface area (Å²) in [6, 6.07) is 47.8. The molecule has 1 heterocycles. The lowest BCUT2D eigenvalue weighted by Crippen LogP contribution is -2.34. The van der Waals surface area contributed by atoms with Gasteiger partial charge in [-0.05, 0) is 128 Å². The normalized spacial score (nSPS) is 19.3. The second-order valence-electron chi connectivity index (χ2n) is 15.5. The number of aryl methyl sites for hydroxylation is 1. The molecule has 5 aliphatic carbocycles. The maximum absolute atomic E-state index is 2.63. The SMILES string of the molecule is C1=CC2C3=CCCC(N(c4ccc5ccccc5c4)c4ccc5c(c4)c4c(n5-c5ccc6ccccc6c5)C=CCC4)=C3C3=c4ccccc4=CC(=C1)C32. The van der Waals surface area contributed by atoms with Gasteiger partial charge in [-0.15, -0.1) is 0 Å². The smallest absolute Gasteiger partial charge is 0.0539 e. The molecule has 1 saturated carbocycles. The molecule has 1 fully saturated rings. The number of fused-ring (bicyclic) bond motifs is 9. The minimum absolute atomic E-state index is 0.356. The van der Waals surface area contributed by atoms with Crippen LogP contribution in [0.3, 0.4) is 0 Å². The van der Waals surface area contributed by atoms with Crippen molar-refractivity contribution in [3.8, 4) is 5.69 Å². The van der Waals surface area contributed by atoms with Crippen LogP contribution in [0.5, 0.6) is 0 Å². The summed E-state index contributed by atoms with van der Waals surface area (Å²) in [4.78, 5) is 2.63. The molecule has 0 saturated heterocycles. The number of anilines is 2. The van der Waals surface area contributed by atoms with Gasteiger partial charge in [0.1, 0.15) is 0 Å². The number of aromatic nitrogens is 1. The Bertz CT molecular complexity index is 3070. The van der Waals surface area contributed by atoms with Crippen LogP contribution in [-0.4, -0.2) is 4.57 Å². The molecule has 0 spiro atoms. The molecule has 256 valence electrons. The Morgan fingerprint density at radius 2 is 1.43 bits per heavy atom. The number of hydrogen-bond donors (Lipinski definition) is 0. The van der Waals surface area contributed by atoms with Crippen molar-refractivity contribution in [2.75, 3.05) is 4.90 Å². The van der Waals surface area contributed by atoms with E-state index in [1.165, 1.54) is 99.2 Å². The number of allylic oxidation sites excluding steroid dienone is 9. The predicted molar refractivity (Wildman–Crippen MR) is 226 cm³/mol. The molecule has 7 aromatic rings. The molecule has 0 aliphatic heterocycles. The number of rotatable bonds is 4. The maximum atomic E-state index is 2.63. The van der Waals surface area contributed by atoms with Gasteiger partial charge in [0.15, 0.2) is 0 Å². The topological polar surface area (TPSA) is 8.17 Å². The van der Waals surface area contributed by atoms with Crippen LogP contribution in [0.1, 0.15) is 30.5 Å². The summed E-state index contributed by atoms with van der Waals surface area (Å²) in [6.07, 6.45) is 20.9.